The van der Waals surface area contributed by atoms with Crippen molar-refractivity contribution in [3.63, 3.8) is 0 Å². The van der Waals surface area contributed by atoms with Gasteiger partial charge in [-0.05, 0) is 48.4 Å². The zero-order chi connectivity index (χ0) is 18.5. The smallest absolute Gasteiger partial charge is 0.316 e. The summed E-state index contributed by atoms with van der Waals surface area (Å²) in [5.41, 5.74) is 7.42. The first-order valence-electron chi connectivity index (χ1n) is 8.06. The fourth-order valence-electron chi connectivity index (χ4n) is 2.53. The molecule has 0 spiro atoms. The van der Waals surface area contributed by atoms with Gasteiger partial charge in [-0.2, -0.15) is 0 Å². The van der Waals surface area contributed by atoms with Gasteiger partial charge in [0.15, 0.2) is 11.5 Å². The Balaban J connectivity index is 1.57. The van der Waals surface area contributed by atoms with Gasteiger partial charge in [0.05, 0.1) is 6.04 Å². The zero-order valence-electron chi connectivity index (χ0n) is 14.2. The molecule has 0 saturated carbocycles. The number of fused-ring (bicyclic) bond motifs is 1. The van der Waals surface area contributed by atoms with Crippen LogP contribution in [0.1, 0.15) is 24.1 Å². The van der Waals surface area contributed by atoms with Crippen LogP contribution in [0.3, 0.4) is 0 Å². The van der Waals surface area contributed by atoms with Crippen LogP contribution in [0, 0.1) is 0 Å². The lowest BCUT2D eigenvalue weighted by atomic mass is 10.1. The van der Waals surface area contributed by atoms with E-state index in [4.69, 9.17) is 15.2 Å². The molecule has 0 radical (unpaired) electrons. The lowest BCUT2D eigenvalue weighted by Crippen LogP contribution is -2.24. The maximum atomic E-state index is 12.1. The Kier molecular flexibility index (Phi) is 5.07. The van der Waals surface area contributed by atoms with Crippen molar-refractivity contribution in [2.75, 3.05) is 12.1 Å². The minimum absolute atomic E-state index is 0.188. The predicted molar refractivity (Wildman–Crippen MR) is 97.8 cm³/mol. The first-order chi connectivity index (χ1) is 12.5. The molecular formula is C19H19N3O4. The van der Waals surface area contributed by atoms with Gasteiger partial charge in [0.1, 0.15) is 0 Å². The van der Waals surface area contributed by atoms with Crippen molar-refractivity contribution in [1.29, 1.82) is 0 Å². The summed E-state index contributed by atoms with van der Waals surface area (Å²) in [4.78, 5) is 22.9. The van der Waals surface area contributed by atoms with Crippen molar-refractivity contribution in [3.05, 3.63) is 59.7 Å². The van der Waals surface area contributed by atoms with Crippen LogP contribution in [0.2, 0.25) is 0 Å². The van der Waals surface area contributed by atoms with E-state index in [-0.39, 0.29) is 18.7 Å². The van der Waals surface area contributed by atoms with Gasteiger partial charge >= 0.3 is 6.03 Å². The second kappa shape index (κ2) is 7.60. The molecule has 1 aliphatic heterocycles. The molecule has 2 aromatic carbocycles. The minimum Gasteiger partial charge on any atom is -0.454 e. The van der Waals surface area contributed by atoms with E-state index in [0.29, 0.717) is 17.2 Å². The Morgan fingerprint density at radius 1 is 1.12 bits per heavy atom. The lowest BCUT2D eigenvalue weighted by molar-refractivity contribution is -0.117. The Morgan fingerprint density at radius 3 is 2.58 bits per heavy atom. The van der Waals surface area contributed by atoms with E-state index >= 15 is 0 Å². The SMILES string of the molecule is C[C@@H](NC(=O)/C=C/c1ccc2c(c1)OCO2)c1ccc(NC(N)=O)cc1. The van der Waals surface area contributed by atoms with E-state index < -0.39 is 6.03 Å². The molecule has 0 fully saturated rings. The number of carbonyl (C=O) groups is 2. The maximum absolute atomic E-state index is 12.1. The molecule has 0 saturated heterocycles. The van der Waals surface area contributed by atoms with Crippen LogP contribution < -0.4 is 25.8 Å². The number of benzene rings is 2. The number of anilines is 1. The fraction of sp³-hybridized carbons (Fsp3) is 0.158. The Hall–Kier alpha value is -3.48. The Bertz CT molecular complexity index is 846. The van der Waals surface area contributed by atoms with Gasteiger partial charge in [-0.1, -0.05) is 18.2 Å². The molecule has 0 unspecified atom stereocenters. The third-order valence-corrected chi connectivity index (χ3v) is 3.86. The first kappa shape index (κ1) is 17.3. The molecular weight excluding hydrogens is 334 g/mol. The number of ether oxygens (including phenoxy) is 2. The number of carbonyl (C=O) groups excluding carboxylic acids is 2. The number of amides is 3. The summed E-state index contributed by atoms with van der Waals surface area (Å²) in [6, 6.07) is 11.8. The topological polar surface area (TPSA) is 103 Å². The number of hydrogen-bond donors (Lipinski definition) is 3. The van der Waals surface area contributed by atoms with E-state index in [2.05, 4.69) is 10.6 Å². The second-order valence-corrected chi connectivity index (χ2v) is 5.79. The molecule has 0 bridgehead atoms. The molecule has 2 aromatic rings. The van der Waals surface area contributed by atoms with Crippen LogP contribution in [-0.4, -0.2) is 18.7 Å². The number of urea groups is 1. The van der Waals surface area contributed by atoms with Gasteiger partial charge < -0.3 is 25.8 Å². The van der Waals surface area contributed by atoms with Gasteiger partial charge in [-0.3, -0.25) is 4.79 Å². The zero-order valence-corrected chi connectivity index (χ0v) is 14.2. The summed E-state index contributed by atoms with van der Waals surface area (Å²) in [6.45, 7) is 2.09. The third kappa shape index (κ3) is 4.32. The molecule has 7 nitrogen and oxygen atoms in total. The molecule has 3 amide bonds. The van der Waals surface area contributed by atoms with E-state index in [9.17, 15) is 9.59 Å². The monoisotopic (exact) mass is 353 g/mol. The highest BCUT2D eigenvalue weighted by Gasteiger charge is 2.12. The number of primary amides is 1. The third-order valence-electron chi connectivity index (χ3n) is 3.86. The Morgan fingerprint density at radius 2 is 1.85 bits per heavy atom. The van der Waals surface area contributed by atoms with Crippen molar-refractivity contribution in [2.45, 2.75) is 13.0 Å². The number of rotatable bonds is 5. The number of hydrogen-bond acceptors (Lipinski definition) is 4. The molecule has 26 heavy (non-hydrogen) atoms. The molecule has 0 aromatic heterocycles. The summed E-state index contributed by atoms with van der Waals surface area (Å²) in [7, 11) is 0. The van der Waals surface area contributed by atoms with Crippen LogP contribution in [0.25, 0.3) is 6.08 Å². The van der Waals surface area contributed by atoms with Crippen molar-refractivity contribution < 1.29 is 19.1 Å². The molecule has 1 atom stereocenters. The summed E-state index contributed by atoms with van der Waals surface area (Å²) in [5, 5.41) is 5.37. The largest absolute Gasteiger partial charge is 0.454 e. The van der Waals surface area contributed by atoms with Crippen molar-refractivity contribution in [2.24, 2.45) is 5.73 Å². The predicted octanol–water partition coefficient (Wildman–Crippen LogP) is 2.80. The van der Waals surface area contributed by atoms with Crippen LogP contribution in [-0.2, 0) is 4.79 Å². The summed E-state index contributed by atoms with van der Waals surface area (Å²) in [6.07, 6.45) is 3.18. The molecule has 1 heterocycles. The van der Waals surface area contributed by atoms with Crippen LogP contribution in [0.5, 0.6) is 11.5 Å². The fourth-order valence-corrected chi connectivity index (χ4v) is 2.53. The molecule has 1 aliphatic rings. The van der Waals surface area contributed by atoms with Crippen molar-refractivity contribution >= 4 is 23.7 Å². The minimum atomic E-state index is -0.618. The molecule has 4 N–H and O–H groups in total. The van der Waals surface area contributed by atoms with Crippen LogP contribution in [0.4, 0.5) is 10.5 Å². The summed E-state index contributed by atoms with van der Waals surface area (Å²) < 4.78 is 10.6. The van der Waals surface area contributed by atoms with Gasteiger partial charge in [0, 0.05) is 11.8 Å². The van der Waals surface area contributed by atoms with E-state index in [0.717, 1.165) is 11.1 Å². The van der Waals surface area contributed by atoms with Crippen molar-refractivity contribution in [3.8, 4) is 11.5 Å². The maximum Gasteiger partial charge on any atom is 0.316 e. The number of nitrogens with one attached hydrogen (secondary N) is 2. The quantitative estimate of drug-likeness (QED) is 0.719. The van der Waals surface area contributed by atoms with Gasteiger partial charge in [-0.15, -0.1) is 0 Å². The highest BCUT2D eigenvalue weighted by atomic mass is 16.7. The van der Waals surface area contributed by atoms with Gasteiger partial charge in [0.2, 0.25) is 12.7 Å². The van der Waals surface area contributed by atoms with E-state index in [1.165, 1.54) is 6.08 Å². The average molecular weight is 353 g/mol. The average Bonchev–Trinajstić information content (AvgIpc) is 3.07. The number of nitrogens with two attached hydrogens (primary N) is 1. The second-order valence-electron chi connectivity index (χ2n) is 5.79. The highest BCUT2D eigenvalue weighted by Crippen LogP contribution is 2.32. The van der Waals surface area contributed by atoms with E-state index in [1.54, 1.807) is 18.2 Å². The first-order valence-corrected chi connectivity index (χ1v) is 8.06. The normalized spacial score (nSPS) is 13.4. The van der Waals surface area contributed by atoms with E-state index in [1.807, 2.05) is 37.3 Å². The summed E-state index contributed by atoms with van der Waals surface area (Å²) in [5.74, 6) is 1.16. The molecule has 7 heteroatoms. The molecule has 134 valence electrons. The summed E-state index contributed by atoms with van der Waals surface area (Å²) >= 11 is 0. The molecule has 3 rings (SSSR count). The van der Waals surface area contributed by atoms with Crippen LogP contribution in [0.15, 0.2) is 48.5 Å². The highest BCUT2D eigenvalue weighted by molar-refractivity contribution is 5.92. The Labute approximate surface area is 150 Å². The standard InChI is InChI=1S/C19H19N3O4/c1-12(14-4-6-15(7-5-14)22-19(20)24)21-18(23)9-3-13-2-8-16-17(10-13)26-11-25-16/h2-10,12H,11H2,1H3,(H,21,23)(H3,20,22,24)/b9-3+/t12-/m1/s1. The van der Waals surface area contributed by atoms with Crippen LogP contribution >= 0.6 is 0 Å². The van der Waals surface area contributed by atoms with Gasteiger partial charge in [-0.25, -0.2) is 4.79 Å². The van der Waals surface area contributed by atoms with Gasteiger partial charge in [0.25, 0.3) is 0 Å². The lowest BCUT2D eigenvalue weighted by Gasteiger charge is -2.13. The van der Waals surface area contributed by atoms with Crippen molar-refractivity contribution in [1.82, 2.24) is 5.32 Å². The molecule has 0 aliphatic carbocycles.